The number of ether oxygens (including phenoxy) is 1. The van der Waals surface area contributed by atoms with E-state index in [-0.39, 0.29) is 17.2 Å². The third kappa shape index (κ3) is 9.02. The molecule has 0 radical (unpaired) electrons. The van der Waals surface area contributed by atoms with Crippen molar-refractivity contribution in [3.05, 3.63) is 62.0 Å². The largest absolute Gasteiger partial charge is 0.507 e. The minimum absolute atomic E-state index is 0.00274. The summed E-state index contributed by atoms with van der Waals surface area (Å²) >= 11 is 1.78. The normalized spacial score (nSPS) is 13.2. The number of carbonyl (C=O) groups is 2. The van der Waals surface area contributed by atoms with E-state index < -0.39 is 23.4 Å². The highest BCUT2D eigenvalue weighted by molar-refractivity contribution is 7.12. The van der Waals surface area contributed by atoms with E-state index in [9.17, 15) is 19.5 Å². The summed E-state index contributed by atoms with van der Waals surface area (Å²) in [6.07, 6.45) is 7.27. The topological polar surface area (TPSA) is 106 Å². The van der Waals surface area contributed by atoms with Gasteiger partial charge >= 0.3 is 11.7 Å². The maximum Gasteiger partial charge on any atom is 0.410 e. The second kappa shape index (κ2) is 13.9. The molecule has 2 rings (SSSR count). The van der Waals surface area contributed by atoms with E-state index in [0.717, 1.165) is 19.3 Å². The Bertz CT molecular complexity index is 1070. The first kappa shape index (κ1) is 28.4. The Balaban J connectivity index is 1.95. The third-order valence-electron chi connectivity index (χ3n) is 6.00. The SMILES string of the molecule is COC(=O)N/C=C/CCCc1cc(O)c(C(=O)C(C)C(C)Cc2ccc(CCC(C)C)s2)c(=O)o1. The van der Waals surface area contributed by atoms with Crippen LogP contribution >= 0.6 is 11.3 Å². The summed E-state index contributed by atoms with van der Waals surface area (Å²) in [5.74, 6) is -0.202. The molecule has 0 spiro atoms. The molecular formula is C27H37NO6S. The van der Waals surface area contributed by atoms with Gasteiger partial charge in [-0.1, -0.05) is 33.8 Å². The zero-order valence-electron chi connectivity index (χ0n) is 21.3. The summed E-state index contributed by atoms with van der Waals surface area (Å²) < 4.78 is 9.78. The van der Waals surface area contributed by atoms with Crippen molar-refractivity contribution in [2.45, 2.75) is 66.2 Å². The number of alkyl carbamates (subject to hydrolysis) is 1. The Kier molecular flexibility index (Phi) is 11.2. The molecule has 0 saturated carbocycles. The van der Waals surface area contributed by atoms with Gasteiger partial charge in [0.25, 0.3) is 0 Å². The summed E-state index contributed by atoms with van der Waals surface area (Å²) in [7, 11) is 1.28. The van der Waals surface area contributed by atoms with Gasteiger partial charge in [-0.15, -0.1) is 11.3 Å². The van der Waals surface area contributed by atoms with Gasteiger partial charge in [0.05, 0.1) is 7.11 Å². The van der Waals surface area contributed by atoms with Crippen LogP contribution in [0, 0.1) is 17.8 Å². The summed E-state index contributed by atoms with van der Waals surface area (Å²) in [4.78, 5) is 39.1. The Morgan fingerprint density at radius 2 is 1.89 bits per heavy atom. The van der Waals surface area contributed by atoms with Crippen molar-refractivity contribution in [3.8, 4) is 5.75 Å². The number of rotatable bonds is 13. The molecule has 2 unspecified atom stereocenters. The number of hydrogen-bond donors (Lipinski definition) is 2. The van der Waals surface area contributed by atoms with Gasteiger partial charge in [0.2, 0.25) is 0 Å². The summed E-state index contributed by atoms with van der Waals surface area (Å²) in [5, 5.41) is 12.9. The maximum absolute atomic E-state index is 13.1. The lowest BCUT2D eigenvalue weighted by Crippen LogP contribution is -2.25. The van der Waals surface area contributed by atoms with Crippen LogP contribution in [0.3, 0.4) is 0 Å². The number of unbranched alkanes of at least 4 members (excludes halogenated alkanes) is 1. The van der Waals surface area contributed by atoms with Crippen LogP contribution in [0.15, 0.2) is 39.7 Å². The predicted molar refractivity (Wildman–Crippen MR) is 138 cm³/mol. The molecule has 0 aromatic carbocycles. The third-order valence-corrected chi connectivity index (χ3v) is 7.17. The average Bonchev–Trinajstić information content (AvgIpc) is 3.25. The predicted octanol–water partition coefficient (Wildman–Crippen LogP) is 5.89. The lowest BCUT2D eigenvalue weighted by molar-refractivity contribution is 0.0885. The van der Waals surface area contributed by atoms with Crippen molar-refractivity contribution in [2.24, 2.45) is 17.8 Å². The number of amides is 1. The molecule has 1 amide bonds. The van der Waals surface area contributed by atoms with Crippen LogP contribution in [-0.2, 0) is 24.0 Å². The molecule has 35 heavy (non-hydrogen) atoms. The molecule has 0 saturated heterocycles. The Labute approximate surface area is 211 Å². The molecular weight excluding hydrogens is 466 g/mol. The highest BCUT2D eigenvalue weighted by Crippen LogP contribution is 2.28. The number of methoxy groups -OCH3 is 1. The number of hydrogen-bond acceptors (Lipinski definition) is 7. The molecule has 2 aromatic rings. The zero-order chi connectivity index (χ0) is 26.0. The van der Waals surface area contributed by atoms with Crippen molar-refractivity contribution in [2.75, 3.05) is 7.11 Å². The number of allylic oxidation sites excluding steroid dienone is 1. The average molecular weight is 504 g/mol. The number of carbonyl (C=O) groups excluding carboxylic acids is 2. The van der Waals surface area contributed by atoms with Crippen LogP contribution in [0.25, 0.3) is 0 Å². The first-order valence-corrected chi connectivity index (χ1v) is 12.9. The lowest BCUT2D eigenvalue weighted by Gasteiger charge is -2.18. The fourth-order valence-corrected chi connectivity index (χ4v) is 4.79. The maximum atomic E-state index is 13.1. The van der Waals surface area contributed by atoms with Gasteiger partial charge in [-0.25, -0.2) is 9.59 Å². The molecule has 0 aliphatic rings. The van der Waals surface area contributed by atoms with E-state index in [4.69, 9.17) is 4.42 Å². The zero-order valence-corrected chi connectivity index (χ0v) is 22.1. The summed E-state index contributed by atoms with van der Waals surface area (Å²) in [6.45, 7) is 8.22. The standard InChI is InChI=1S/C27H37NO6S/c1-17(2)10-11-21-12-13-22(35-21)15-18(3)19(4)25(30)24-23(29)16-20(34-26(24)31)9-7-6-8-14-28-27(32)33-5/h8,12-14,16-19,29H,6-7,9-11,15H2,1-5H3,(H,28,32)/b14-8+. The molecule has 0 bridgehead atoms. The first-order chi connectivity index (χ1) is 16.6. The lowest BCUT2D eigenvalue weighted by atomic mass is 9.86. The Morgan fingerprint density at radius 1 is 1.17 bits per heavy atom. The van der Waals surface area contributed by atoms with Crippen molar-refractivity contribution in [1.82, 2.24) is 5.32 Å². The molecule has 8 heteroatoms. The van der Waals surface area contributed by atoms with Crippen LogP contribution in [0.2, 0.25) is 0 Å². The molecule has 2 atom stereocenters. The van der Waals surface area contributed by atoms with Gasteiger partial charge in [-0.2, -0.15) is 0 Å². The first-order valence-electron chi connectivity index (χ1n) is 12.1. The van der Waals surface area contributed by atoms with E-state index in [2.05, 4.69) is 36.0 Å². The second-order valence-corrected chi connectivity index (χ2v) is 10.6. The number of nitrogens with one attached hydrogen (secondary N) is 1. The minimum atomic E-state index is -0.806. The number of aromatic hydroxyl groups is 1. The molecule has 0 aliphatic carbocycles. The number of ketones is 1. The highest BCUT2D eigenvalue weighted by Gasteiger charge is 2.28. The van der Waals surface area contributed by atoms with Crippen LogP contribution in [0.5, 0.6) is 5.75 Å². The quantitative estimate of drug-likeness (QED) is 0.261. The smallest absolute Gasteiger partial charge is 0.410 e. The fraction of sp³-hybridized carbons (Fsp3) is 0.519. The monoisotopic (exact) mass is 503 g/mol. The molecule has 7 nitrogen and oxygen atoms in total. The molecule has 192 valence electrons. The number of Topliss-reactive ketones (excluding diaryl/α,β-unsaturated/α-hetero) is 1. The molecule has 0 fully saturated rings. The molecule has 0 aliphatic heterocycles. The van der Waals surface area contributed by atoms with Crippen LogP contribution in [-0.4, -0.2) is 24.1 Å². The Morgan fingerprint density at radius 3 is 2.54 bits per heavy atom. The van der Waals surface area contributed by atoms with Gasteiger partial charge in [0, 0.05) is 34.4 Å². The van der Waals surface area contributed by atoms with Gasteiger partial charge in [-0.3, -0.25) is 10.1 Å². The minimum Gasteiger partial charge on any atom is -0.507 e. The summed E-state index contributed by atoms with van der Waals surface area (Å²) in [6, 6.07) is 5.63. The molecule has 2 heterocycles. The summed E-state index contributed by atoms with van der Waals surface area (Å²) in [5.41, 5.74) is -1.09. The number of thiophene rings is 1. The van der Waals surface area contributed by atoms with Crippen LogP contribution < -0.4 is 10.9 Å². The van der Waals surface area contributed by atoms with Crippen LogP contribution in [0.4, 0.5) is 4.79 Å². The van der Waals surface area contributed by atoms with Crippen molar-refractivity contribution in [1.29, 1.82) is 0 Å². The van der Waals surface area contributed by atoms with E-state index in [0.29, 0.717) is 30.9 Å². The van der Waals surface area contributed by atoms with Crippen LogP contribution in [0.1, 0.15) is 72.8 Å². The van der Waals surface area contributed by atoms with Gasteiger partial charge in [0.15, 0.2) is 5.78 Å². The highest BCUT2D eigenvalue weighted by atomic mass is 32.1. The van der Waals surface area contributed by atoms with E-state index in [1.807, 2.05) is 6.92 Å². The van der Waals surface area contributed by atoms with Crippen molar-refractivity contribution < 1.29 is 23.8 Å². The van der Waals surface area contributed by atoms with Crippen molar-refractivity contribution >= 4 is 23.2 Å². The fourth-order valence-electron chi connectivity index (χ4n) is 3.62. The number of aryl methyl sites for hydroxylation is 2. The Hall–Kier alpha value is -2.87. The van der Waals surface area contributed by atoms with E-state index >= 15 is 0 Å². The van der Waals surface area contributed by atoms with Gasteiger partial charge in [-0.05, 0) is 56.1 Å². The van der Waals surface area contributed by atoms with Crippen molar-refractivity contribution in [3.63, 3.8) is 0 Å². The molecule has 2 N–H and O–H groups in total. The van der Waals surface area contributed by atoms with E-state index in [1.54, 1.807) is 24.3 Å². The van der Waals surface area contributed by atoms with Gasteiger partial charge < -0.3 is 14.3 Å². The van der Waals surface area contributed by atoms with Gasteiger partial charge in [0.1, 0.15) is 17.1 Å². The second-order valence-electron chi connectivity index (χ2n) is 9.33. The molecule has 2 aromatic heterocycles. The van der Waals surface area contributed by atoms with E-state index in [1.165, 1.54) is 29.1 Å².